The number of hydrogen-bond acceptors (Lipinski definition) is 3. The van der Waals surface area contributed by atoms with Gasteiger partial charge in [-0.25, -0.2) is 0 Å². The highest BCUT2D eigenvalue weighted by Gasteiger charge is 2.25. The molecule has 0 bridgehead atoms. The normalized spacial score (nSPS) is 12.0. The molecule has 0 saturated carbocycles. The summed E-state index contributed by atoms with van der Waals surface area (Å²) in [5, 5.41) is 0. The first-order valence-electron chi connectivity index (χ1n) is 7.03. The van der Waals surface area contributed by atoms with Crippen molar-refractivity contribution in [3.8, 4) is 5.75 Å². The van der Waals surface area contributed by atoms with Gasteiger partial charge in [0.05, 0.1) is 18.6 Å². The summed E-state index contributed by atoms with van der Waals surface area (Å²) in [6.45, 7) is 4.20. The molecule has 0 heterocycles. The first-order chi connectivity index (χ1) is 10.1. The molecule has 0 amide bonds. The number of carbonyl (C=O) groups excluding carboxylic acids is 1. The van der Waals surface area contributed by atoms with Gasteiger partial charge in [-0.3, -0.25) is 4.79 Å². The van der Waals surface area contributed by atoms with E-state index >= 15 is 0 Å². The van der Waals surface area contributed by atoms with Gasteiger partial charge in [-0.15, -0.1) is 0 Å². The van der Waals surface area contributed by atoms with Crippen LogP contribution in [0.3, 0.4) is 0 Å². The number of ether oxygens (including phenoxy) is 1. The van der Waals surface area contributed by atoms with Crippen LogP contribution in [0, 0.1) is 13.8 Å². The maximum atomic E-state index is 12.9. The van der Waals surface area contributed by atoms with Crippen LogP contribution in [0.4, 0.5) is 0 Å². The molecule has 0 spiro atoms. The third-order valence-electron chi connectivity index (χ3n) is 3.66. The van der Waals surface area contributed by atoms with Gasteiger partial charge in [-0.1, -0.05) is 36.4 Å². The summed E-state index contributed by atoms with van der Waals surface area (Å²) in [5.74, 6) is 0.284. The first-order valence-corrected chi connectivity index (χ1v) is 7.03. The molecule has 0 radical (unpaired) electrons. The standard InChI is InChI=1S/C18H21NO2/c1-12-9-13(2)17(16(10-12)21-3)18(20)15(11-19)14-7-5-4-6-8-14/h4-10,15H,11,19H2,1-3H3. The summed E-state index contributed by atoms with van der Waals surface area (Å²) in [7, 11) is 1.59. The summed E-state index contributed by atoms with van der Waals surface area (Å²) in [4.78, 5) is 12.9. The lowest BCUT2D eigenvalue weighted by Crippen LogP contribution is -2.23. The predicted octanol–water partition coefficient (Wildman–Crippen LogP) is 3.24. The van der Waals surface area contributed by atoms with Crippen LogP contribution in [0.1, 0.15) is 33.0 Å². The Bertz CT molecular complexity index is 635. The molecular weight excluding hydrogens is 262 g/mol. The van der Waals surface area contributed by atoms with Gasteiger partial charge in [-0.2, -0.15) is 0 Å². The summed E-state index contributed by atoms with van der Waals surface area (Å²) in [6.07, 6.45) is 0. The highest BCUT2D eigenvalue weighted by molar-refractivity contribution is 6.04. The lowest BCUT2D eigenvalue weighted by Gasteiger charge is -2.18. The molecule has 2 aromatic carbocycles. The lowest BCUT2D eigenvalue weighted by molar-refractivity contribution is 0.0958. The van der Waals surface area contributed by atoms with E-state index in [1.54, 1.807) is 7.11 Å². The van der Waals surface area contributed by atoms with E-state index in [4.69, 9.17) is 10.5 Å². The van der Waals surface area contributed by atoms with Crippen LogP contribution >= 0.6 is 0 Å². The Morgan fingerprint density at radius 2 is 1.86 bits per heavy atom. The number of ketones is 1. The van der Waals surface area contributed by atoms with Gasteiger partial charge in [0.2, 0.25) is 0 Å². The summed E-state index contributed by atoms with van der Waals surface area (Å²) in [5.41, 5.74) is 9.41. The Morgan fingerprint density at radius 3 is 2.43 bits per heavy atom. The highest BCUT2D eigenvalue weighted by atomic mass is 16.5. The largest absolute Gasteiger partial charge is 0.496 e. The maximum Gasteiger partial charge on any atom is 0.175 e. The Hall–Kier alpha value is -2.13. The van der Waals surface area contributed by atoms with Crippen molar-refractivity contribution in [1.82, 2.24) is 0 Å². The molecule has 0 fully saturated rings. The van der Waals surface area contributed by atoms with Crippen molar-refractivity contribution < 1.29 is 9.53 Å². The van der Waals surface area contributed by atoms with E-state index in [1.165, 1.54) is 0 Å². The third-order valence-corrected chi connectivity index (χ3v) is 3.66. The van der Waals surface area contributed by atoms with Gasteiger partial charge in [-0.05, 0) is 36.6 Å². The van der Waals surface area contributed by atoms with Crippen LogP contribution in [-0.2, 0) is 0 Å². The second kappa shape index (κ2) is 6.55. The molecule has 0 aliphatic rings. The van der Waals surface area contributed by atoms with Gasteiger partial charge in [0.25, 0.3) is 0 Å². The molecule has 3 nitrogen and oxygen atoms in total. The molecule has 0 aliphatic carbocycles. The Kier molecular flexibility index (Phi) is 4.76. The molecule has 2 rings (SSSR count). The molecule has 0 saturated heterocycles. The number of carbonyl (C=O) groups is 1. The molecule has 1 unspecified atom stereocenters. The number of methoxy groups -OCH3 is 1. The topological polar surface area (TPSA) is 52.3 Å². The van der Waals surface area contributed by atoms with Gasteiger partial charge in [0.1, 0.15) is 5.75 Å². The molecule has 0 aliphatic heterocycles. The monoisotopic (exact) mass is 283 g/mol. The SMILES string of the molecule is COc1cc(C)cc(C)c1C(=O)C(CN)c1ccccc1. The number of Topliss-reactive ketones (excluding diaryl/α,β-unsaturated/α-hetero) is 1. The van der Waals surface area contributed by atoms with E-state index in [0.717, 1.165) is 16.7 Å². The molecule has 3 heteroatoms. The number of benzene rings is 2. The zero-order valence-corrected chi connectivity index (χ0v) is 12.7. The van der Waals surface area contributed by atoms with Crippen LogP contribution in [0.2, 0.25) is 0 Å². The van der Waals surface area contributed by atoms with E-state index in [2.05, 4.69) is 0 Å². The second-order valence-corrected chi connectivity index (χ2v) is 5.22. The van der Waals surface area contributed by atoms with Gasteiger partial charge in [0.15, 0.2) is 5.78 Å². The lowest BCUT2D eigenvalue weighted by atomic mass is 9.88. The zero-order chi connectivity index (χ0) is 15.4. The van der Waals surface area contributed by atoms with Crippen molar-refractivity contribution in [2.75, 3.05) is 13.7 Å². The van der Waals surface area contributed by atoms with Crippen LogP contribution < -0.4 is 10.5 Å². The van der Waals surface area contributed by atoms with Crippen molar-refractivity contribution in [2.24, 2.45) is 5.73 Å². The highest BCUT2D eigenvalue weighted by Crippen LogP contribution is 2.30. The second-order valence-electron chi connectivity index (χ2n) is 5.22. The van der Waals surface area contributed by atoms with Crippen molar-refractivity contribution >= 4 is 5.78 Å². The fourth-order valence-corrected chi connectivity index (χ4v) is 2.66. The number of hydrogen-bond donors (Lipinski definition) is 1. The fraction of sp³-hybridized carbons (Fsp3) is 0.278. The van der Waals surface area contributed by atoms with Gasteiger partial charge < -0.3 is 10.5 Å². The first kappa shape index (κ1) is 15.3. The molecule has 2 aromatic rings. The maximum absolute atomic E-state index is 12.9. The van der Waals surface area contributed by atoms with Crippen LogP contribution in [0.15, 0.2) is 42.5 Å². The predicted molar refractivity (Wildman–Crippen MR) is 85.0 cm³/mol. The van der Waals surface area contributed by atoms with Crippen molar-refractivity contribution in [1.29, 1.82) is 0 Å². The fourth-order valence-electron chi connectivity index (χ4n) is 2.66. The summed E-state index contributed by atoms with van der Waals surface area (Å²) in [6, 6.07) is 13.5. The quantitative estimate of drug-likeness (QED) is 0.857. The molecule has 0 aromatic heterocycles. The Balaban J connectivity index is 2.48. The number of nitrogens with two attached hydrogens (primary N) is 1. The van der Waals surface area contributed by atoms with Crippen LogP contribution in [0.5, 0.6) is 5.75 Å². The smallest absolute Gasteiger partial charge is 0.175 e. The minimum Gasteiger partial charge on any atom is -0.496 e. The van der Waals surface area contributed by atoms with Crippen molar-refractivity contribution in [3.63, 3.8) is 0 Å². The Morgan fingerprint density at radius 1 is 1.19 bits per heavy atom. The van der Waals surface area contributed by atoms with E-state index in [1.807, 2.05) is 56.3 Å². The van der Waals surface area contributed by atoms with Crippen molar-refractivity contribution in [2.45, 2.75) is 19.8 Å². The van der Waals surface area contributed by atoms with Gasteiger partial charge in [0, 0.05) is 6.54 Å². The van der Waals surface area contributed by atoms with Crippen LogP contribution in [0.25, 0.3) is 0 Å². The van der Waals surface area contributed by atoms with E-state index < -0.39 is 0 Å². The average Bonchev–Trinajstić information content (AvgIpc) is 2.48. The van der Waals surface area contributed by atoms with E-state index in [-0.39, 0.29) is 18.2 Å². The molecular formula is C18H21NO2. The molecule has 21 heavy (non-hydrogen) atoms. The van der Waals surface area contributed by atoms with Crippen molar-refractivity contribution in [3.05, 3.63) is 64.7 Å². The minimum atomic E-state index is -0.346. The minimum absolute atomic E-state index is 0.0121. The zero-order valence-electron chi connectivity index (χ0n) is 12.7. The van der Waals surface area contributed by atoms with Crippen LogP contribution in [-0.4, -0.2) is 19.4 Å². The van der Waals surface area contributed by atoms with Gasteiger partial charge >= 0.3 is 0 Å². The Labute approximate surface area is 125 Å². The summed E-state index contributed by atoms with van der Waals surface area (Å²) >= 11 is 0. The molecule has 110 valence electrons. The van der Waals surface area contributed by atoms with E-state index in [9.17, 15) is 4.79 Å². The molecule has 2 N–H and O–H groups in total. The van der Waals surface area contributed by atoms with E-state index in [0.29, 0.717) is 11.3 Å². The third kappa shape index (κ3) is 3.14. The number of rotatable bonds is 5. The average molecular weight is 283 g/mol. The summed E-state index contributed by atoms with van der Waals surface area (Å²) < 4.78 is 5.40. The number of aryl methyl sites for hydroxylation is 2. The molecule has 1 atom stereocenters.